The lowest BCUT2D eigenvalue weighted by Crippen LogP contribution is -2.17. The van der Waals surface area contributed by atoms with Gasteiger partial charge >= 0.3 is 0 Å². The Morgan fingerprint density at radius 3 is 2.65 bits per heavy atom. The molecule has 4 aromatic rings. The number of carbonyl (C=O) groups is 1. The molecule has 2 atom stereocenters. The first-order valence-electron chi connectivity index (χ1n) is 12.6. The van der Waals surface area contributed by atoms with Crippen LogP contribution in [0.4, 0.5) is 14.5 Å². The average molecular weight is 501 g/mol. The van der Waals surface area contributed by atoms with E-state index in [1.54, 1.807) is 6.07 Å². The van der Waals surface area contributed by atoms with Crippen molar-refractivity contribution in [2.45, 2.75) is 50.7 Å². The Hall–Kier alpha value is -3.84. The molecule has 0 aliphatic heterocycles. The van der Waals surface area contributed by atoms with Crippen molar-refractivity contribution in [3.8, 4) is 0 Å². The van der Waals surface area contributed by atoms with Crippen LogP contribution in [0, 0.1) is 11.6 Å². The smallest absolute Gasteiger partial charge is 0.167 e. The monoisotopic (exact) mass is 500 g/mol. The maximum absolute atomic E-state index is 13.5. The Balaban J connectivity index is 1.04. The van der Waals surface area contributed by atoms with Crippen molar-refractivity contribution in [1.29, 1.82) is 0 Å². The summed E-state index contributed by atoms with van der Waals surface area (Å²) < 4.78 is 28.7. The second kappa shape index (κ2) is 11.0. The maximum Gasteiger partial charge on any atom is 0.167 e. The second-order valence-electron chi connectivity index (χ2n) is 9.71. The Morgan fingerprint density at radius 2 is 1.86 bits per heavy atom. The van der Waals surface area contributed by atoms with E-state index >= 15 is 0 Å². The highest BCUT2D eigenvalue weighted by molar-refractivity contribution is 5.98. The fourth-order valence-electron chi connectivity index (χ4n) is 4.68. The number of rotatable bonds is 11. The number of nitrogens with two attached hydrogens (primary N) is 1. The number of halogens is 2. The molecule has 0 saturated heterocycles. The van der Waals surface area contributed by atoms with Crippen molar-refractivity contribution in [2.75, 3.05) is 5.73 Å². The predicted octanol–water partition coefficient (Wildman–Crippen LogP) is 5.45. The Kier molecular flexibility index (Phi) is 7.42. The summed E-state index contributed by atoms with van der Waals surface area (Å²) in [7, 11) is 0. The number of aryl methyl sites for hydroxylation is 2. The van der Waals surface area contributed by atoms with Crippen molar-refractivity contribution in [3.63, 3.8) is 0 Å². The molecule has 1 aliphatic carbocycles. The van der Waals surface area contributed by atoms with Gasteiger partial charge in [0, 0.05) is 48.9 Å². The molecule has 1 aliphatic rings. The van der Waals surface area contributed by atoms with E-state index in [2.05, 4.69) is 14.9 Å². The second-order valence-corrected chi connectivity index (χ2v) is 9.71. The predicted molar refractivity (Wildman–Crippen MR) is 140 cm³/mol. The molecule has 0 bridgehead atoms. The van der Waals surface area contributed by atoms with Gasteiger partial charge in [-0.15, -0.1) is 0 Å². The summed E-state index contributed by atoms with van der Waals surface area (Å²) in [5, 5.41) is 3.46. The van der Waals surface area contributed by atoms with Crippen LogP contribution < -0.4 is 11.1 Å². The van der Waals surface area contributed by atoms with E-state index in [1.165, 1.54) is 17.7 Å². The van der Waals surface area contributed by atoms with Crippen LogP contribution >= 0.6 is 0 Å². The zero-order valence-electron chi connectivity index (χ0n) is 20.5. The number of carbonyl (C=O) groups excluding carboxylic acids is 1. The van der Waals surface area contributed by atoms with Gasteiger partial charge in [0.15, 0.2) is 17.4 Å². The third kappa shape index (κ3) is 6.30. The van der Waals surface area contributed by atoms with Gasteiger partial charge in [-0.05, 0) is 54.2 Å². The molecule has 7 heteroatoms. The van der Waals surface area contributed by atoms with Crippen molar-refractivity contribution in [2.24, 2.45) is 0 Å². The number of nitrogens with one attached hydrogen (secondary N) is 1. The number of nitrogens with zero attached hydrogens (tertiary/aromatic N) is 2. The minimum atomic E-state index is -0.809. The average Bonchev–Trinajstić information content (AvgIpc) is 3.54. The lowest BCUT2D eigenvalue weighted by Gasteiger charge is -2.07. The summed E-state index contributed by atoms with van der Waals surface area (Å²) in [5.41, 5.74) is 11.1. The Bertz CT molecular complexity index is 1380. The highest BCUT2D eigenvalue weighted by Gasteiger charge is 2.38. The molecule has 5 rings (SSSR count). The molecule has 3 N–H and O–H groups in total. The number of ketones is 1. The van der Waals surface area contributed by atoms with Gasteiger partial charge in [-0.2, -0.15) is 0 Å². The number of hydrogen-bond donors (Lipinski definition) is 2. The Morgan fingerprint density at radius 1 is 1.05 bits per heavy atom. The van der Waals surface area contributed by atoms with E-state index in [4.69, 9.17) is 5.73 Å². The van der Waals surface area contributed by atoms with Gasteiger partial charge in [-0.25, -0.2) is 13.8 Å². The number of aromatic nitrogens is 2. The summed E-state index contributed by atoms with van der Waals surface area (Å²) in [6.07, 6.45) is 6.96. The summed E-state index contributed by atoms with van der Waals surface area (Å²) in [6, 6.07) is 19.7. The third-order valence-electron chi connectivity index (χ3n) is 6.96. The SMILES string of the molecule is Nc1ccccc1CC(=O)c1ccc(CCCn2cnc(CNC3CC3c3ccc(F)c(F)c3)c2)cc1. The van der Waals surface area contributed by atoms with Crippen LogP contribution in [0.1, 0.15) is 51.5 Å². The van der Waals surface area contributed by atoms with E-state index in [0.29, 0.717) is 24.2 Å². The fraction of sp³-hybridized carbons (Fsp3) is 0.267. The van der Waals surface area contributed by atoms with E-state index < -0.39 is 11.6 Å². The lowest BCUT2D eigenvalue weighted by atomic mass is 10.00. The molecule has 1 heterocycles. The normalized spacial score (nSPS) is 16.6. The van der Waals surface area contributed by atoms with Crippen LogP contribution in [0.25, 0.3) is 0 Å². The van der Waals surface area contributed by atoms with Gasteiger partial charge in [-0.3, -0.25) is 4.79 Å². The molecule has 2 unspecified atom stereocenters. The standard InChI is InChI=1S/C30H30F2N4O/c31-26-12-11-22(14-27(26)32)25-16-29(25)34-17-24-18-36(19-35-24)13-3-4-20-7-9-21(10-8-20)30(37)15-23-5-1-2-6-28(23)33/h1-2,5-12,14,18-19,25,29,34H,3-4,13,15-17,33H2. The highest BCUT2D eigenvalue weighted by atomic mass is 19.2. The molecule has 0 amide bonds. The zero-order chi connectivity index (χ0) is 25.8. The van der Waals surface area contributed by atoms with E-state index in [-0.39, 0.29) is 17.7 Å². The third-order valence-corrected chi connectivity index (χ3v) is 6.96. The number of nitrogen functional groups attached to an aromatic ring is 1. The van der Waals surface area contributed by atoms with Crippen molar-refractivity contribution >= 4 is 11.5 Å². The van der Waals surface area contributed by atoms with E-state index in [0.717, 1.165) is 42.6 Å². The molecule has 3 aromatic carbocycles. The van der Waals surface area contributed by atoms with E-state index in [9.17, 15) is 13.6 Å². The first kappa shape index (κ1) is 24.8. The molecule has 0 radical (unpaired) electrons. The largest absolute Gasteiger partial charge is 0.398 e. The van der Waals surface area contributed by atoms with Crippen LogP contribution in [0.15, 0.2) is 79.3 Å². The van der Waals surface area contributed by atoms with Crippen LogP contribution in [0.5, 0.6) is 0 Å². The molecule has 5 nitrogen and oxygen atoms in total. The summed E-state index contributed by atoms with van der Waals surface area (Å²) in [5.74, 6) is -1.32. The number of imidazole rings is 1. The van der Waals surface area contributed by atoms with Gasteiger partial charge in [0.1, 0.15) is 0 Å². The quantitative estimate of drug-likeness (QED) is 0.212. The number of para-hydroxylation sites is 1. The highest BCUT2D eigenvalue weighted by Crippen LogP contribution is 2.41. The maximum atomic E-state index is 13.5. The summed E-state index contributed by atoms with van der Waals surface area (Å²) in [6.45, 7) is 1.49. The molecule has 0 spiro atoms. The van der Waals surface area contributed by atoms with Gasteiger partial charge in [0.05, 0.1) is 12.0 Å². The van der Waals surface area contributed by atoms with Crippen molar-refractivity contribution in [1.82, 2.24) is 14.9 Å². The van der Waals surface area contributed by atoms with Crippen LogP contribution in [-0.4, -0.2) is 21.4 Å². The summed E-state index contributed by atoms with van der Waals surface area (Å²) in [4.78, 5) is 17.1. The molecule has 1 aromatic heterocycles. The van der Waals surface area contributed by atoms with Crippen LogP contribution in [0.2, 0.25) is 0 Å². The number of anilines is 1. The van der Waals surface area contributed by atoms with Gasteiger partial charge < -0.3 is 15.6 Å². The molecule has 1 saturated carbocycles. The van der Waals surface area contributed by atoms with E-state index in [1.807, 2.05) is 61.1 Å². The van der Waals surface area contributed by atoms with Crippen molar-refractivity contribution in [3.05, 3.63) is 119 Å². The fourth-order valence-corrected chi connectivity index (χ4v) is 4.68. The first-order valence-corrected chi connectivity index (χ1v) is 12.6. The zero-order valence-corrected chi connectivity index (χ0v) is 20.5. The molecule has 1 fully saturated rings. The minimum absolute atomic E-state index is 0.0614. The molecule has 190 valence electrons. The van der Waals surface area contributed by atoms with Gasteiger partial charge in [0.25, 0.3) is 0 Å². The number of Topliss-reactive ketones (excluding diaryl/α,β-unsaturated/α-hetero) is 1. The van der Waals surface area contributed by atoms with Crippen molar-refractivity contribution < 1.29 is 13.6 Å². The minimum Gasteiger partial charge on any atom is -0.398 e. The topological polar surface area (TPSA) is 72.9 Å². The Labute approximate surface area is 215 Å². The number of hydrogen-bond acceptors (Lipinski definition) is 4. The van der Waals surface area contributed by atoms with Crippen LogP contribution in [-0.2, 0) is 25.9 Å². The lowest BCUT2D eigenvalue weighted by molar-refractivity contribution is 0.0993. The van der Waals surface area contributed by atoms with Crippen LogP contribution in [0.3, 0.4) is 0 Å². The van der Waals surface area contributed by atoms with Gasteiger partial charge in [0.2, 0.25) is 0 Å². The number of benzene rings is 3. The molecular weight excluding hydrogens is 470 g/mol. The van der Waals surface area contributed by atoms with Gasteiger partial charge in [-0.1, -0.05) is 48.5 Å². The molecular formula is C30H30F2N4O. The summed E-state index contributed by atoms with van der Waals surface area (Å²) >= 11 is 0. The molecule has 37 heavy (non-hydrogen) atoms. The first-order chi connectivity index (χ1) is 18.0.